The zero-order chi connectivity index (χ0) is 16.1. The van der Waals surface area contributed by atoms with Crippen LogP contribution in [0.1, 0.15) is 24.4 Å². The van der Waals surface area contributed by atoms with Gasteiger partial charge in [-0.1, -0.05) is 33.6 Å². The van der Waals surface area contributed by atoms with Crippen LogP contribution in [0.4, 0.5) is 5.69 Å². The second-order valence-electron chi connectivity index (χ2n) is 5.81. The maximum Gasteiger partial charge on any atom is 0.227 e. The molecule has 6 heteroatoms. The van der Waals surface area contributed by atoms with E-state index in [1.807, 2.05) is 18.2 Å². The van der Waals surface area contributed by atoms with Crippen molar-refractivity contribution in [3.05, 3.63) is 51.5 Å². The molecule has 1 saturated heterocycles. The van der Waals surface area contributed by atoms with Crippen molar-refractivity contribution in [1.29, 1.82) is 0 Å². The molecule has 23 heavy (non-hydrogen) atoms. The molecule has 0 aliphatic carbocycles. The number of nitrogens with two attached hydrogens (primary N) is 1. The summed E-state index contributed by atoms with van der Waals surface area (Å²) in [6.07, 6.45) is 1.08. The largest absolute Gasteiger partial charge is 0.455 e. The van der Waals surface area contributed by atoms with E-state index in [1.165, 1.54) is 0 Å². The Balaban J connectivity index is 1.99. The van der Waals surface area contributed by atoms with Crippen LogP contribution in [0.3, 0.4) is 0 Å². The Morgan fingerprint density at radius 1 is 1.22 bits per heavy atom. The van der Waals surface area contributed by atoms with Crippen LogP contribution >= 0.6 is 27.5 Å². The Kier molecular flexibility index (Phi) is 3.59. The van der Waals surface area contributed by atoms with Gasteiger partial charge in [-0.15, -0.1) is 0 Å². The van der Waals surface area contributed by atoms with Gasteiger partial charge in [-0.05, 0) is 36.8 Å². The first-order chi connectivity index (χ1) is 11.0. The summed E-state index contributed by atoms with van der Waals surface area (Å²) in [5.41, 5.74) is 7.97. The molecule has 2 N–H and O–H groups in total. The normalized spacial score (nSPS) is 22.6. The van der Waals surface area contributed by atoms with Crippen molar-refractivity contribution in [2.75, 3.05) is 4.90 Å². The lowest BCUT2D eigenvalue weighted by atomic mass is 9.90. The van der Waals surface area contributed by atoms with Gasteiger partial charge in [-0.25, -0.2) is 0 Å². The molecule has 1 fully saturated rings. The summed E-state index contributed by atoms with van der Waals surface area (Å²) in [5.74, 6) is 1.36. The third-order valence-electron chi connectivity index (χ3n) is 4.34. The fourth-order valence-corrected chi connectivity index (χ4v) is 3.80. The number of carbonyl (C=O) groups is 1. The van der Waals surface area contributed by atoms with Crippen LogP contribution in [-0.2, 0) is 4.79 Å². The molecule has 0 spiro atoms. The van der Waals surface area contributed by atoms with Gasteiger partial charge in [-0.2, -0.15) is 0 Å². The molecule has 0 saturated carbocycles. The fraction of sp³-hybridized carbons (Fsp3) is 0.235. The summed E-state index contributed by atoms with van der Waals surface area (Å²) in [6.45, 7) is 0. The number of piperidine rings is 1. The molecule has 2 atom stereocenters. The zero-order valence-electron chi connectivity index (χ0n) is 12.1. The Labute approximate surface area is 147 Å². The number of fused-ring (bicyclic) bond motifs is 5. The number of hydrogen-bond donors (Lipinski definition) is 1. The predicted molar refractivity (Wildman–Crippen MR) is 93.1 cm³/mol. The summed E-state index contributed by atoms with van der Waals surface area (Å²) in [4.78, 5) is 14.4. The van der Waals surface area contributed by atoms with Crippen LogP contribution < -0.4 is 15.4 Å². The second-order valence-corrected chi connectivity index (χ2v) is 7.16. The Hall–Kier alpha value is -1.56. The molecule has 0 aromatic heterocycles. The quantitative estimate of drug-likeness (QED) is 0.721. The SMILES string of the molecule is N[C@@H]1CCC(=O)N2c3cc(Cl)ccc3Oc3cc(Br)ccc3[C@H]12. The van der Waals surface area contributed by atoms with Crippen LogP contribution in [0.2, 0.25) is 5.02 Å². The zero-order valence-corrected chi connectivity index (χ0v) is 14.5. The number of rotatable bonds is 0. The number of halogens is 2. The molecule has 0 unspecified atom stereocenters. The van der Waals surface area contributed by atoms with Crippen LogP contribution in [0.15, 0.2) is 40.9 Å². The molecule has 2 heterocycles. The van der Waals surface area contributed by atoms with E-state index in [-0.39, 0.29) is 18.0 Å². The monoisotopic (exact) mass is 392 g/mol. The number of benzene rings is 2. The topological polar surface area (TPSA) is 55.6 Å². The van der Waals surface area contributed by atoms with Crippen LogP contribution in [0.25, 0.3) is 0 Å². The molecular formula is C17H14BrClN2O2. The van der Waals surface area contributed by atoms with E-state index in [1.54, 1.807) is 23.1 Å². The minimum Gasteiger partial charge on any atom is -0.455 e. The average Bonchev–Trinajstić information content (AvgIpc) is 2.65. The summed E-state index contributed by atoms with van der Waals surface area (Å²) in [5, 5.41) is 0.560. The standard InChI is InChI=1S/C17H14BrClN2O2/c18-9-1-3-11-15(7-9)23-14-5-2-10(19)8-13(14)21-16(22)6-4-12(20)17(11)21/h1-3,5,7-8,12,17H,4,6,20H2/t12-,17-/m1/s1. The molecular weight excluding hydrogens is 380 g/mol. The van der Waals surface area contributed by atoms with Gasteiger partial charge in [0.25, 0.3) is 0 Å². The van der Waals surface area contributed by atoms with Crippen LogP contribution in [0.5, 0.6) is 11.5 Å². The number of amides is 1. The van der Waals surface area contributed by atoms with Gasteiger partial charge in [-0.3, -0.25) is 9.69 Å². The maximum atomic E-state index is 12.6. The minimum absolute atomic E-state index is 0.0413. The van der Waals surface area contributed by atoms with Crippen molar-refractivity contribution in [2.24, 2.45) is 5.73 Å². The van der Waals surface area contributed by atoms with E-state index in [4.69, 9.17) is 22.1 Å². The van der Waals surface area contributed by atoms with E-state index in [0.29, 0.717) is 35.1 Å². The lowest BCUT2D eigenvalue weighted by Crippen LogP contribution is -2.48. The predicted octanol–water partition coefficient (Wildman–Crippen LogP) is 4.40. The van der Waals surface area contributed by atoms with E-state index in [2.05, 4.69) is 15.9 Å². The average molecular weight is 394 g/mol. The second kappa shape index (κ2) is 5.51. The van der Waals surface area contributed by atoms with Crippen molar-refractivity contribution in [1.82, 2.24) is 0 Å². The van der Waals surface area contributed by atoms with E-state index < -0.39 is 0 Å². The fourth-order valence-electron chi connectivity index (χ4n) is 3.29. The van der Waals surface area contributed by atoms with Gasteiger partial charge in [0.15, 0.2) is 5.75 Å². The van der Waals surface area contributed by atoms with E-state index >= 15 is 0 Å². The lowest BCUT2D eigenvalue weighted by Gasteiger charge is -2.38. The first kappa shape index (κ1) is 15.0. The van der Waals surface area contributed by atoms with Crippen molar-refractivity contribution in [3.8, 4) is 11.5 Å². The molecule has 4 rings (SSSR count). The summed E-state index contributed by atoms with van der Waals surface area (Å²) in [7, 11) is 0. The molecule has 2 aliphatic heterocycles. The number of carbonyl (C=O) groups excluding carboxylic acids is 1. The third kappa shape index (κ3) is 2.43. The smallest absolute Gasteiger partial charge is 0.227 e. The van der Waals surface area contributed by atoms with E-state index in [9.17, 15) is 4.79 Å². The molecule has 2 aromatic carbocycles. The summed E-state index contributed by atoms with van der Waals surface area (Å²) in [6, 6.07) is 10.7. The van der Waals surface area contributed by atoms with Gasteiger partial charge in [0, 0.05) is 27.5 Å². The van der Waals surface area contributed by atoms with Crippen molar-refractivity contribution < 1.29 is 9.53 Å². The Morgan fingerprint density at radius 3 is 2.87 bits per heavy atom. The molecule has 1 amide bonds. The lowest BCUT2D eigenvalue weighted by molar-refractivity contribution is -0.120. The Morgan fingerprint density at radius 2 is 2.04 bits per heavy atom. The Bertz CT molecular complexity index is 811. The summed E-state index contributed by atoms with van der Waals surface area (Å²) >= 11 is 9.62. The highest BCUT2D eigenvalue weighted by molar-refractivity contribution is 9.10. The van der Waals surface area contributed by atoms with Crippen LogP contribution in [0, 0.1) is 0 Å². The van der Waals surface area contributed by atoms with Gasteiger partial charge in [0.05, 0.1) is 11.7 Å². The van der Waals surface area contributed by atoms with Gasteiger partial charge < -0.3 is 10.5 Å². The highest BCUT2D eigenvalue weighted by Crippen LogP contribution is 2.48. The van der Waals surface area contributed by atoms with E-state index in [0.717, 1.165) is 10.0 Å². The third-order valence-corrected chi connectivity index (χ3v) is 5.07. The highest BCUT2D eigenvalue weighted by Gasteiger charge is 2.40. The number of anilines is 1. The van der Waals surface area contributed by atoms with Crippen molar-refractivity contribution >= 4 is 39.1 Å². The van der Waals surface area contributed by atoms with Gasteiger partial charge >= 0.3 is 0 Å². The molecule has 118 valence electrons. The van der Waals surface area contributed by atoms with Crippen molar-refractivity contribution in [2.45, 2.75) is 24.9 Å². The highest BCUT2D eigenvalue weighted by atomic mass is 79.9. The summed E-state index contributed by atoms with van der Waals surface area (Å²) < 4.78 is 7.00. The van der Waals surface area contributed by atoms with Crippen molar-refractivity contribution in [3.63, 3.8) is 0 Å². The molecule has 0 radical (unpaired) electrons. The van der Waals surface area contributed by atoms with Gasteiger partial charge in [0.1, 0.15) is 5.75 Å². The number of ether oxygens (including phenoxy) is 1. The molecule has 2 aliphatic rings. The number of hydrogen-bond acceptors (Lipinski definition) is 3. The molecule has 4 nitrogen and oxygen atoms in total. The minimum atomic E-state index is -0.251. The maximum absolute atomic E-state index is 12.6. The van der Waals surface area contributed by atoms with Gasteiger partial charge in [0.2, 0.25) is 5.91 Å². The molecule has 2 aromatic rings. The molecule has 0 bridgehead atoms. The number of nitrogens with zero attached hydrogens (tertiary/aromatic N) is 1. The first-order valence-electron chi connectivity index (χ1n) is 7.39. The first-order valence-corrected chi connectivity index (χ1v) is 8.56. The van der Waals surface area contributed by atoms with Crippen LogP contribution in [-0.4, -0.2) is 11.9 Å².